The molecule has 0 fully saturated rings. The van der Waals surface area contributed by atoms with E-state index in [9.17, 15) is 0 Å². The van der Waals surface area contributed by atoms with Crippen LogP contribution < -0.4 is 9.47 Å². The quantitative estimate of drug-likeness (QED) is 0.0337. The predicted molar refractivity (Wildman–Crippen MR) is 339 cm³/mol. The van der Waals surface area contributed by atoms with Gasteiger partial charge >= 0.3 is 0 Å². The van der Waals surface area contributed by atoms with Crippen LogP contribution in [-0.2, 0) is 86.8 Å². The molecule has 1 aliphatic heterocycles. The van der Waals surface area contributed by atoms with Crippen molar-refractivity contribution in [3.05, 3.63) is 136 Å². The highest BCUT2D eigenvalue weighted by molar-refractivity contribution is 6.09. The predicted octanol–water partition coefficient (Wildman–Crippen LogP) is 9.69. The van der Waals surface area contributed by atoms with Gasteiger partial charge in [-0.15, -0.1) is 0 Å². The lowest BCUT2D eigenvalue weighted by Gasteiger charge is -2.40. The SMILES string of the molecule is COCCOCCOCCOCCOCCOCCOCCOCCC1(CCOCCOCCOCCOCCOCCOCCOCCOC)c2cc(C)ccc2-c2c1c1c(c3cc(C)ccc23)OC(c2ccc(C)cc2)(c2ccc(OC)cc2)C=C1. The van der Waals surface area contributed by atoms with Crippen LogP contribution in [0, 0.1) is 20.8 Å². The Morgan fingerprint density at radius 3 is 1.10 bits per heavy atom. The Kier molecular flexibility index (Phi) is 32.6. The van der Waals surface area contributed by atoms with E-state index in [1.165, 1.54) is 33.4 Å². The van der Waals surface area contributed by atoms with Crippen LogP contribution in [0.2, 0.25) is 0 Å². The topological polar surface area (TPSA) is 166 Å². The van der Waals surface area contributed by atoms with Crippen LogP contribution in [0.3, 0.4) is 0 Å². The monoisotopic (exact) mass is 1230 g/mol. The standard InChI is InChI=1S/C70H98O18/c1-55-7-11-58(12-8-55)70(59-13-15-60(73-6)16-14-59)20-19-63-67-66(61-17-9-56(2)53-64(61)68(63)88-70)62-18-10-57(3)54-65(62)69(67,21-23-74-29-31-78-37-39-82-45-47-86-51-49-84-43-41-80-35-33-76-27-25-71-4)22-24-75-30-32-79-38-40-83-46-48-87-52-50-85-44-42-81-36-34-77-28-26-72-5/h7-20,53-54H,21-52H2,1-6H3. The van der Waals surface area contributed by atoms with E-state index in [0.717, 1.165) is 44.5 Å². The summed E-state index contributed by atoms with van der Waals surface area (Å²) in [6, 6.07) is 30.6. The molecule has 1 atom stereocenters. The van der Waals surface area contributed by atoms with Gasteiger partial charge in [-0.3, -0.25) is 0 Å². The maximum atomic E-state index is 7.74. The second-order valence-electron chi connectivity index (χ2n) is 21.5. The maximum Gasteiger partial charge on any atom is 0.178 e. The molecular formula is C70H98O18. The van der Waals surface area contributed by atoms with E-state index in [0.29, 0.717) is 211 Å². The number of hydrogen-bond donors (Lipinski definition) is 0. The summed E-state index contributed by atoms with van der Waals surface area (Å²) in [5.74, 6) is 1.63. The first-order valence-corrected chi connectivity index (χ1v) is 31.2. The molecule has 0 radical (unpaired) electrons. The molecule has 7 rings (SSSR count). The molecule has 18 heteroatoms. The van der Waals surface area contributed by atoms with E-state index in [1.54, 1.807) is 21.3 Å². The third-order valence-corrected chi connectivity index (χ3v) is 15.3. The summed E-state index contributed by atoms with van der Waals surface area (Å²) in [5.41, 5.74) is 10.1. The smallest absolute Gasteiger partial charge is 0.178 e. The number of fused-ring (bicyclic) bond motifs is 8. The summed E-state index contributed by atoms with van der Waals surface area (Å²) in [7, 11) is 4.99. The Hall–Kier alpha value is -4.94. The summed E-state index contributed by atoms with van der Waals surface area (Å²) in [4.78, 5) is 0. The molecule has 0 bridgehead atoms. The molecule has 18 nitrogen and oxygen atoms in total. The van der Waals surface area contributed by atoms with Crippen LogP contribution in [0.5, 0.6) is 11.5 Å². The average molecular weight is 1230 g/mol. The minimum Gasteiger partial charge on any atom is -0.497 e. The van der Waals surface area contributed by atoms with E-state index >= 15 is 0 Å². The first-order chi connectivity index (χ1) is 43.3. The van der Waals surface area contributed by atoms with Crippen LogP contribution in [0.4, 0.5) is 0 Å². The molecule has 0 saturated carbocycles. The van der Waals surface area contributed by atoms with Gasteiger partial charge in [0.1, 0.15) is 11.5 Å². The van der Waals surface area contributed by atoms with Gasteiger partial charge in [-0.05, 0) is 85.5 Å². The zero-order valence-corrected chi connectivity index (χ0v) is 53.2. The maximum absolute atomic E-state index is 7.74. The molecule has 1 aliphatic carbocycles. The number of hydrogen-bond acceptors (Lipinski definition) is 18. The fourth-order valence-electron chi connectivity index (χ4n) is 10.8. The molecule has 0 spiro atoms. The fraction of sp³-hybridized carbons (Fsp3) is 0.571. The van der Waals surface area contributed by atoms with E-state index < -0.39 is 11.0 Å². The van der Waals surface area contributed by atoms with Crippen LogP contribution in [0.25, 0.3) is 28.0 Å². The van der Waals surface area contributed by atoms with Crippen molar-refractivity contribution in [1.29, 1.82) is 0 Å². The lowest BCUT2D eigenvalue weighted by Crippen LogP contribution is -2.36. The van der Waals surface area contributed by atoms with Gasteiger partial charge in [0, 0.05) is 54.9 Å². The normalized spacial score (nSPS) is 14.8. The van der Waals surface area contributed by atoms with Crippen molar-refractivity contribution >= 4 is 16.8 Å². The van der Waals surface area contributed by atoms with Gasteiger partial charge in [-0.2, -0.15) is 0 Å². The Labute approximate surface area is 522 Å². The number of aryl methyl sites for hydroxylation is 3. The van der Waals surface area contributed by atoms with Crippen LogP contribution in [0.15, 0.2) is 91.0 Å². The second kappa shape index (κ2) is 40.7. The molecule has 2 aliphatic rings. The Balaban J connectivity index is 0.954. The van der Waals surface area contributed by atoms with Crippen LogP contribution in [-0.4, -0.2) is 220 Å². The van der Waals surface area contributed by atoms with Gasteiger partial charge in [0.15, 0.2) is 5.60 Å². The van der Waals surface area contributed by atoms with Crippen molar-refractivity contribution < 1.29 is 85.3 Å². The molecule has 5 aromatic rings. The molecule has 88 heavy (non-hydrogen) atoms. The van der Waals surface area contributed by atoms with E-state index in [1.807, 2.05) is 12.1 Å². The molecule has 0 N–H and O–H groups in total. The third-order valence-electron chi connectivity index (χ3n) is 15.3. The van der Waals surface area contributed by atoms with Crippen molar-refractivity contribution in [1.82, 2.24) is 0 Å². The lowest BCUT2D eigenvalue weighted by molar-refractivity contribution is -0.0231. The summed E-state index contributed by atoms with van der Waals surface area (Å²) < 4.78 is 104. The Morgan fingerprint density at radius 2 is 0.705 bits per heavy atom. The van der Waals surface area contributed by atoms with E-state index in [4.69, 9.17) is 85.3 Å². The van der Waals surface area contributed by atoms with Gasteiger partial charge in [0.25, 0.3) is 0 Å². The molecule has 0 aromatic heterocycles. The molecule has 1 heterocycles. The number of methoxy groups -OCH3 is 3. The van der Waals surface area contributed by atoms with Crippen LogP contribution in [0.1, 0.15) is 57.3 Å². The number of ether oxygens (including phenoxy) is 18. The van der Waals surface area contributed by atoms with Crippen molar-refractivity contribution in [2.75, 3.05) is 220 Å². The summed E-state index contributed by atoms with van der Waals surface area (Å²) >= 11 is 0. The van der Waals surface area contributed by atoms with Crippen molar-refractivity contribution in [3.63, 3.8) is 0 Å². The minimum atomic E-state index is -0.938. The number of rotatable bonds is 51. The fourth-order valence-corrected chi connectivity index (χ4v) is 10.8. The van der Waals surface area contributed by atoms with Crippen molar-refractivity contribution in [3.8, 4) is 22.6 Å². The minimum absolute atomic E-state index is 0.433. The molecular weight excluding hydrogens is 1130 g/mol. The highest BCUT2D eigenvalue weighted by Gasteiger charge is 2.48. The lowest BCUT2D eigenvalue weighted by atomic mass is 9.70. The largest absolute Gasteiger partial charge is 0.497 e. The van der Waals surface area contributed by atoms with E-state index in [-0.39, 0.29) is 0 Å². The molecule has 0 saturated heterocycles. The zero-order valence-electron chi connectivity index (χ0n) is 53.2. The Bertz CT molecular complexity index is 2690. The third kappa shape index (κ3) is 21.9. The average Bonchev–Trinajstić information content (AvgIpc) is 1.48. The first-order valence-electron chi connectivity index (χ1n) is 31.2. The Morgan fingerprint density at radius 1 is 0.352 bits per heavy atom. The van der Waals surface area contributed by atoms with E-state index in [2.05, 4.69) is 106 Å². The van der Waals surface area contributed by atoms with Crippen molar-refractivity contribution in [2.45, 2.75) is 44.6 Å². The number of benzene rings is 5. The zero-order chi connectivity index (χ0) is 61.8. The first kappa shape index (κ1) is 70.5. The highest BCUT2D eigenvalue weighted by atomic mass is 16.6. The van der Waals surface area contributed by atoms with Gasteiger partial charge in [0.05, 0.1) is 192 Å². The van der Waals surface area contributed by atoms with Gasteiger partial charge in [-0.1, -0.05) is 89.5 Å². The summed E-state index contributed by atoms with van der Waals surface area (Å²) in [5, 5.41) is 2.21. The summed E-state index contributed by atoms with van der Waals surface area (Å²) in [6.45, 7) is 21.2. The van der Waals surface area contributed by atoms with Crippen LogP contribution >= 0.6 is 0 Å². The van der Waals surface area contributed by atoms with Gasteiger partial charge in [-0.25, -0.2) is 0 Å². The molecule has 5 aromatic carbocycles. The highest BCUT2D eigenvalue weighted by Crippen LogP contribution is 2.60. The summed E-state index contributed by atoms with van der Waals surface area (Å²) in [6.07, 6.45) is 5.95. The molecule has 1 unspecified atom stereocenters. The van der Waals surface area contributed by atoms with Gasteiger partial charge < -0.3 is 85.3 Å². The van der Waals surface area contributed by atoms with Gasteiger partial charge in [0.2, 0.25) is 0 Å². The molecule has 486 valence electrons. The second-order valence-corrected chi connectivity index (χ2v) is 21.5. The molecule has 0 amide bonds. The van der Waals surface area contributed by atoms with Crippen molar-refractivity contribution in [2.24, 2.45) is 0 Å².